The maximum atomic E-state index is 12.2. The van der Waals surface area contributed by atoms with E-state index in [0.717, 1.165) is 25.2 Å². The van der Waals surface area contributed by atoms with Crippen molar-refractivity contribution in [2.45, 2.75) is 20.4 Å². The molecule has 2 rings (SSSR count). The lowest BCUT2D eigenvalue weighted by molar-refractivity contribution is 0.0950. The Bertz CT molecular complexity index is 734. The molecule has 1 aromatic carbocycles. The number of pyridine rings is 1. The molecule has 1 aromatic heterocycles. The first-order valence-electron chi connectivity index (χ1n) is 8.99. The highest BCUT2D eigenvalue weighted by atomic mass is 35.5. The van der Waals surface area contributed by atoms with E-state index in [4.69, 9.17) is 21.1 Å². The predicted molar refractivity (Wildman–Crippen MR) is 107 cm³/mol. The first-order valence-corrected chi connectivity index (χ1v) is 9.37. The number of ether oxygens (including phenoxy) is 2. The van der Waals surface area contributed by atoms with Gasteiger partial charge in [0.25, 0.3) is 5.91 Å². The van der Waals surface area contributed by atoms with Gasteiger partial charge in [0.1, 0.15) is 11.8 Å². The van der Waals surface area contributed by atoms with Crippen molar-refractivity contribution in [1.82, 2.24) is 15.2 Å². The van der Waals surface area contributed by atoms with Gasteiger partial charge in [0, 0.05) is 19.3 Å². The van der Waals surface area contributed by atoms with E-state index in [1.165, 1.54) is 6.20 Å². The van der Waals surface area contributed by atoms with Crippen molar-refractivity contribution in [2.75, 3.05) is 33.4 Å². The zero-order chi connectivity index (χ0) is 19.6. The third kappa shape index (κ3) is 6.41. The lowest BCUT2D eigenvalue weighted by atomic mass is 10.2. The zero-order valence-electron chi connectivity index (χ0n) is 16.0. The van der Waals surface area contributed by atoms with Crippen molar-refractivity contribution in [3.05, 3.63) is 52.8 Å². The third-order valence-corrected chi connectivity index (χ3v) is 4.45. The molecule has 2 aromatic rings. The molecule has 1 N–H and O–H groups in total. The van der Waals surface area contributed by atoms with E-state index in [-0.39, 0.29) is 5.91 Å². The van der Waals surface area contributed by atoms with Crippen molar-refractivity contribution < 1.29 is 14.3 Å². The van der Waals surface area contributed by atoms with Crippen LogP contribution in [0.25, 0.3) is 0 Å². The maximum absolute atomic E-state index is 12.2. The number of rotatable bonds is 10. The molecule has 0 aliphatic carbocycles. The fourth-order valence-corrected chi connectivity index (χ4v) is 2.67. The summed E-state index contributed by atoms with van der Waals surface area (Å²) in [6, 6.07) is 8.87. The van der Waals surface area contributed by atoms with Crippen LogP contribution in [0.2, 0.25) is 5.15 Å². The average Bonchev–Trinajstić information content (AvgIpc) is 2.70. The van der Waals surface area contributed by atoms with Crippen LogP contribution in [0.5, 0.6) is 11.5 Å². The number of carbonyl (C=O) groups excluding carboxylic acids is 1. The molecule has 0 aliphatic heterocycles. The van der Waals surface area contributed by atoms with Gasteiger partial charge in [-0.2, -0.15) is 0 Å². The third-order valence-electron chi connectivity index (χ3n) is 4.23. The van der Waals surface area contributed by atoms with E-state index >= 15 is 0 Å². The van der Waals surface area contributed by atoms with E-state index in [1.54, 1.807) is 19.2 Å². The molecule has 7 heteroatoms. The first-order chi connectivity index (χ1) is 13.1. The number of likely N-dealkylation sites (N-methyl/N-ethyl adjacent to an activating group) is 1. The van der Waals surface area contributed by atoms with Gasteiger partial charge in [-0.25, -0.2) is 4.98 Å². The standard InChI is InChI=1S/C20H26ClN3O3/c1-4-24(5-2)10-11-27-17-8-6-15(12-18(17)26-3)13-23-20(25)16-7-9-19(21)22-14-16/h6-9,12,14H,4-5,10-11,13H2,1-3H3,(H,23,25). The molecule has 1 heterocycles. The second kappa shape index (κ2) is 10.7. The normalized spacial score (nSPS) is 10.7. The number of nitrogens with zero attached hydrogens (tertiary/aromatic N) is 2. The molecule has 1 amide bonds. The first kappa shape index (κ1) is 21.0. The summed E-state index contributed by atoms with van der Waals surface area (Å²) in [7, 11) is 1.61. The van der Waals surface area contributed by atoms with Crippen molar-refractivity contribution >= 4 is 17.5 Å². The fraction of sp³-hybridized carbons (Fsp3) is 0.400. The van der Waals surface area contributed by atoms with Crippen molar-refractivity contribution in [1.29, 1.82) is 0 Å². The molecule has 0 saturated heterocycles. The quantitative estimate of drug-likeness (QED) is 0.629. The van der Waals surface area contributed by atoms with E-state index < -0.39 is 0 Å². The second-order valence-corrected chi connectivity index (χ2v) is 6.30. The summed E-state index contributed by atoms with van der Waals surface area (Å²) in [6.45, 7) is 8.09. The Morgan fingerprint density at radius 1 is 1.19 bits per heavy atom. The number of methoxy groups -OCH3 is 1. The fourth-order valence-electron chi connectivity index (χ4n) is 2.56. The molecule has 0 saturated carbocycles. The SMILES string of the molecule is CCN(CC)CCOc1ccc(CNC(=O)c2ccc(Cl)nc2)cc1OC. The molecule has 0 fully saturated rings. The summed E-state index contributed by atoms with van der Waals surface area (Å²) in [6.07, 6.45) is 1.45. The van der Waals surface area contributed by atoms with Gasteiger partial charge < -0.3 is 19.7 Å². The topological polar surface area (TPSA) is 63.7 Å². The average molecular weight is 392 g/mol. The van der Waals surface area contributed by atoms with Crippen molar-refractivity contribution in [3.63, 3.8) is 0 Å². The smallest absolute Gasteiger partial charge is 0.253 e. The minimum absolute atomic E-state index is 0.210. The second-order valence-electron chi connectivity index (χ2n) is 5.91. The van der Waals surface area contributed by atoms with Crippen LogP contribution in [0.15, 0.2) is 36.5 Å². The summed E-state index contributed by atoms with van der Waals surface area (Å²) in [5.41, 5.74) is 1.38. The molecule has 6 nitrogen and oxygen atoms in total. The molecule has 146 valence electrons. The predicted octanol–water partition coefficient (Wildman–Crippen LogP) is 3.39. The molecule has 0 bridgehead atoms. The Labute approximate surface area is 165 Å². The van der Waals surface area contributed by atoms with Crippen LogP contribution in [0, 0.1) is 0 Å². The summed E-state index contributed by atoms with van der Waals surface area (Å²) in [4.78, 5) is 18.4. The van der Waals surface area contributed by atoms with Crippen LogP contribution in [-0.4, -0.2) is 49.1 Å². The number of carbonyl (C=O) groups is 1. The summed E-state index contributed by atoms with van der Waals surface area (Å²) < 4.78 is 11.3. The number of hydrogen-bond acceptors (Lipinski definition) is 5. The van der Waals surface area contributed by atoms with Gasteiger partial charge in [0.2, 0.25) is 0 Å². The Morgan fingerprint density at radius 3 is 2.59 bits per heavy atom. The van der Waals surface area contributed by atoms with E-state index in [9.17, 15) is 4.79 Å². The molecule has 0 spiro atoms. The van der Waals surface area contributed by atoms with Crippen molar-refractivity contribution in [3.8, 4) is 11.5 Å². The van der Waals surface area contributed by atoms with Crippen LogP contribution in [0.1, 0.15) is 29.8 Å². The van der Waals surface area contributed by atoms with Gasteiger partial charge in [0.15, 0.2) is 11.5 Å². The summed E-state index contributed by atoms with van der Waals surface area (Å²) >= 11 is 5.74. The van der Waals surface area contributed by atoms with Crippen LogP contribution in [0.4, 0.5) is 0 Å². The largest absolute Gasteiger partial charge is 0.493 e. The molecule has 0 atom stereocenters. The molecule has 27 heavy (non-hydrogen) atoms. The van der Waals surface area contributed by atoms with Crippen LogP contribution in [-0.2, 0) is 6.54 Å². The Morgan fingerprint density at radius 2 is 1.96 bits per heavy atom. The minimum atomic E-state index is -0.210. The lowest BCUT2D eigenvalue weighted by Gasteiger charge is -2.19. The molecule has 0 radical (unpaired) electrons. The number of halogens is 1. The van der Waals surface area contributed by atoms with Crippen molar-refractivity contribution in [2.24, 2.45) is 0 Å². The van der Waals surface area contributed by atoms with E-state index in [1.807, 2.05) is 18.2 Å². The Balaban J connectivity index is 1.92. The van der Waals surface area contributed by atoms with Gasteiger partial charge in [-0.1, -0.05) is 31.5 Å². The van der Waals surface area contributed by atoms with Gasteiger partial charge in [0.05, 0.1) is 12.7 Å². The number of benzene rings is 1. The summed E-state index contributed by atoms with van der Waals surface area (Å²) in [5, 5.41) is 3.21. The van der Waals surface area contributed by atoms with Crippen LogP contribution >= 0.6 is 11.6 Å². The highest BCUT2D eigenvalue weighted by molar-refractivity contribution is 6.29. The van der Waals surface area contributed by atoms with Gasteiger partial charge in [-0.3, -0.25) is 4.79 Å². The lowest BCUT2D eigenvalue weighted by Crippen LogP contribution is -2.28. The number of aromatic nitrogens is 1. The molecule has 0 unspecified atom stereocenters. The Kier molecular flexibility index (Phi) is 8.36. The van der Waals surface area contributed by atoms with E-state index in [0.29, 0.717) is 35.4 Å². The summed E-state index contributed by atoms with van der Waals surface area (Å²) in [5.74, 6) is 1.13. The van der Waals surface area contributed by atoms with Gasteiger partial charge in [-0.15, -0.1) is 0 Å². The van der Waals surface area contributed by atoms with Crippen LogP contribution < -0.4 is 14.8 Å². The van der Waals surface area contributed by atoms with E-state index in [2.05, 4.69) is 29.0 Å². The van der Waals surface area contributed by atoms with Gasteiger partial charge >= 0.3 is 0 Å². The highest BCUT2D eigenvalue weighted by Crippen LogP contribution is 2.28. The minimum Gasteiger partial charge on any atom is -0.493 e. The molecule has 0 aliphatic rings. The van der Waals surface area contributed by atoms with Crippen LogP contribution in [0.3, 0.4) is 0 Å². The number of amides is 1. The van der Waals surface area contributed by atoms with Gasteiger partial charge in [-0.05, 0) is 42.9 Å². The zero-order valence-corrected chi connectivity index (χ0v) is 16.8. The number of hydrogen-bond donors (Lipinski definition) is 1. The maximum Gasteiger partial charge on any atom is 0.253 e. The molecular formula is C20H26ClN3O3. The monoisotopic (exact) mass is 391 g/mol. The molecular weight excluding hydrogens is 366 g/mol. The number of nitrogens with one attached hydrogen (secondary N) is 1. The highest BCUT2D eigenvalue weighted by Gasteiger charge is 2.09. The Hall–Kier alpha value is -2.31.